The van der Waals surface area contributed by atoms with Crippen molar-refractivity contribution in [3.63, 3.8) is 0 Å². The second-order valence-electron chi connectivity index (χ2n) is 3.02. The normalized spacial score (nSPS) is 10.5. The molecule has 0 radical (unpaired) electrons. The van der Waals surface area contributed by atoms with Crippen LogP contribution in [0.5, 0.6) is 0 Å². The Balaban J connectivity index is 2.65. The molecule has 1 nitrogen and oxygen atoms in total. The van der Waals surface area contributed by atoms with E-state index in [4.69, 9.17) is 0 Å². The predicted octanol–water partition coefficient (Wildman–Crippen LogP) is 2.98. The van der Waals surface area contributed by atoms with Crippen LogP contribution in [0.1, 0.15) is 24.4 Å². The molecule has 0 unspecified atom stereocenters. The molecule has 11 heavy (non-hydrogen) atoms. The summed E-state index contributed by atoms with van der Waals surface area (Å²) in [5.74, 6) is 0.716. The Kier molecular flexibility index (Phi) is 2.83. The van der Waals surface area contributed by atoms with Gasteiger partial charge in [-0.1, -0.05) is 20.4 Å². The van der Waals surface area contributed by atoms with Crippen molar-refractivity contribution in [2.45, 2.75) is 20.3 Å². The largest absolute Gasteiger partial charge is 0.193 e. The topological polar surface area (TPSA) is 12.9 Å². The van der Waals surface area contributed by atoms with Gasteiger partial charge in [-0.25, -0.2) is 0 Å². The van der Waals surface area contributed by atoms with Crippen LogP contribution in [-0.4, -0.2) is 4.37 Å². The first-order chi connectivity index (χ1) is 5.22. The fourth-order valence-electron chi connectivity index (χ4n) is 0.924. The van der Waals surface area contributed by atoms with Gasteiger partial charge < -0.3 is 0 Å². The average molecular weight is 167 g/mol. The summed E-state index contributed by atoms with van der Waals surface area (Å²) >= 11 is 1.58. The number of nitrogens with zero attached hydrogens (tertiary/aromatic N) is 1. The van der Waals surface area contributed by atoms with Gasteiger partial charge in [0.2, 0.25) is 0 Å². The lowest BCUT2D eigenvalue weighted by Gasteiger charge is -1.97. The maximum absolute atomic E-state index is 4.21. The fraction of sp³-hybridized carbons (Fsp3) is 0.444. The van der Waals surface area contributed by atoms with Crippen LogP contribution in [0.3, 0.4) is 0 Å². The average Bonchev–Trinajstić information content (AvgIpc) is 2.34. The highest BCUT2D eigenvalue weighted by Crippen LogP contribution is 2.14. The minimum atomic E-state index is 0.716. The van der Waals surface area contributed by atoms with Crippen LogP contribution in [0.25, 0.3) is 6.08 Å². The van der Waals surface area contributed by atoms with Crippen molar-refractivity contribution in [2.75, 3.05) is 0 Å². The second-order valence-corrected chi connectivity index (χ2v) is 3.91. The third-order valence-electron chi connectivity index (χ3n) is 1.40. The van der Waals surface area contributed by atoms with Crippen LogP contribution in [0.15, 0.2) is 12.6 Å². The summed E-state index contributed by atoms with van der Waals surface area (Å²) in [5.41, 5.74) is 1.01. The molecule has 0 saturated heterocycles. The van der Waals surface area contributed by atoms with E-state index in [1.807, 2.05) is 0 Å². The lowest BCUT2D eigenvalue weighted by atomic mass is 10.1. The van der Waals surface area contributed by atoms with Crippen molar-refractivity contribution >= 4 is 17.6 Å². The molecule has 0 aliphatic carbocycles. The van der Waals surface area contributed by atoms with E-state index in [0.29, 0.717) is 5.92 Å². The highest BCUT2D eigenvalue weighted by Gasteiger charge is 2.00. The van der Waals surface area contributed by atoms with Crippen molar-refractivity contribution in [1.82, 2.24) is 4.37 Å². The van der Waals surface area contributed by atoms with Crippen molar-refractivity contribution in [3.05, 3.63) is 23.2 Å². The molecular formula is C9H13NS. The Morgan fingerprint density at radius 3 is 2.91 bits per heavy atom. The maximum Gasteiger partial charge on any atom is 0.0765 e. The fourth-order valence-corrected chi connectivity index (χ4v) is 1.85. The molecule has 0 aliphatic heterocycles. The van der Waals surface area contributed by atoms with E-state index in [2.05, 4.69) is 30.9 Å². The summed E-state index contributed by atoms with van der Waals surface area (Å²) < 4.78 is 4.21. The molecule has 0 aromatic carbocycles. The summed E-state index contributed by atoms with van der Waals surface area (Å²) in [7, 11) is 0. The summed E-state index contributed by atoms with van der Waals surface area (Å²) in [5, 5.41) is 0. The SMILES string of the molecule is C=Cc1cc(CC(C)C)sn1. The number of hydrogen-bond acceptors (Lipinski definition) is 2. The van der Waals surface area contributed by atoms with Gasteiger partial charge >= 0.3 is 0 Å². The molecule has 2 heteroatoms. The van der Waals surface area contributed by atoms with Crippen molar-refractivity contribution in [2.24, 2.45) is 5.92 Å². The van der Waals surface area contributed by atoms with Gasteiger partial charge in [-0.05, 0) is 36.0 Å². The zero-order valence-corrected chi connectivity index (χ0v) is 7.82. The molecule has 0 atom stereocenters. The van der Waals surface area contributed by atoms with Crippen molar-refractivity contribution in [3.8, 4) is 0 Å². The monoisotopic (exact) mass is 167 g/mol. The molecule has 1 heterocycles. The molecule has 1 aromatic heterocycles. The van der Waals surface area contributed by atoms with Crippen LogP contribution in [-0.2, 0) is 6.42 Å². The van der Waals surface area contributed by atoms with Gasteiger partial charge in [0, 0.05) is 4.88 Å². The number of aromatic nitrogens is 1. The third kappa shape index (κ3) is 2.46. The molecule has 0 saturated carbocycles. The lowest BCUT2D eigenvalue weighted by Crippen LogP contribution is -1.89. The van der Waals surface area contributed by atoms with Gasteiger partial charge in [0.15, 0.2) is 0 Å². The van der Waals surface area contributed by atoms with Crippen LogP contribution < -0.4 is 0 Å². The van der Waals surface area contributed by atoms with Gasteiger partial charge in [0.05, 0.1) is 5.69 Å². The van der Waals surface area contributed by atoms with Gasteiger partial charge in [0.1, 0.15) is 0 Å². The van der Waals surface area contributed by atoms with E-state index in [1.54, 1.807) is 17.6 Å². The first kappa shape index (κ1) is 8.47. The summed E-state index contributed by atoms with van der Waals surface area (Å²) in [6.45, 7) is 8.10. The van der Waals surface area contributed by atoms with Crippen molar-refractivity contribution in [1.29, 1.82) is 0 Å². The molecule has 1 rings (SSSR count). The van der Waals surface area contributed by atoms with Gasteiger partial charge in [-0.3, -0.25) is 0 Å². The van der Waals surface area contributed by atoms with E-state index in [1.165, 1.54) is 4.88 Å². The minimum Gasteiger partial charge on any atom is -0.193 e. The van der Waals surface area contributed by atoms with E-state index < -0.39 is 0 Å². The van der Waals surface area contributed by atoms with E-state index in [9.17, 15) is 0 Å². The van der Waals surface area contributed by atoms with Gasteiger partial charge in [0.25, 0.3) is 0 Å². The van der Waals surface area contributed by atoms with Crippen LogP contribution in [0, 0.1) is 5.92 Å². The lowest BCUT2D eigenvalue weighted by molar-refractivity contribution is 0.654. The number of rotatable bonds is 3. The Morgan fingerprint density at radius 1 is 1.73 bits per heavy atom. The molecule has 1 aromatic rings. The minimum absolute atomic E-state index is 0.716. The quantitative estimate of drug-likeness (QED) is 0.674. The van der Waals surface area contributed by atoms with E-state index in [-0.39, 0.29) is 0 Å². The van der Waals surface area contributed by atoms with Crippen molar-refractivity contribution < 1.29 is 0 Å². The van der Waals surface area contributed by atoms with E-state index in [0.717, 1.165) is 12.1 Å². The molecule has 60 valence electrons. The Morgan fingerprint density at radius 2 is 2.45 bits per heavy atom. The van der Waals surface area contributed by atoms with E-state index >= 15 is 0 Å². The Bertz CT molecular complexity index is 237. The van der Waals surface area contributed by atoms with Crippen LogP contribution >= 0.6 is 11.5 Å². The van der Waals surface area contributed by atoms with Crippen LogP contribution in [0.2, 0.25) is 0 Å². The van der Waals surface area contributed by atoms with Crippen LogP contribution in [0.4, 0.5) is 0 Å². The molecule has 0 aliphatic rings. The second kappa shape index (κ2) is 3.67. The first-order valence-corrected chi connectivity index (χ1v) is 4.57. The van der Waals surface area contributed by atoms with Gasteiger partial charge in [-0.15, -0.1) is 0 Å². The molecule has 0 bridgehead atoms. The summed E-state index contributed by atoms with van der Waals surface area (Å²) in [4.78, 5) is 1.36. The highest BCUT2D eigenvalue weighted by molar-refractivity contribution is 7.05. The zero-order valence-electron chi connectivity index (χ0n) is 7.00. The smallest absolute Gasteiger partial charge is 0.0765 e. The number of hydrogen-bond donors (Lipinski definition) is 0. The Labute approximate surface area is 71.9 Å². The molecule has 0 fully saturated rings. The molecule has 0 amide bonds. The highest BCUT2D eigenvalue weighted by atomic mass is 32.1. The molecule has 0 spiro atoms. The zero-order chi connectivity index (χ0) is 8.27. The maximum atomic E-state index is 4.21. The Hall–Kier alpha value is -0.630. The predicted molar refractivity (Wildman–Crippen MR) is 50.7 cm³/mol. The summed E-state index contributed by atoms with van der Waals surface area (Å²) in [6, 6.07) is 2.11. The summed E-state index contributed by atoms with van der Waals surface area (Å²) in [6.07, 6.45) is 2.92. The third-order valence-corrected chi connectivity index (χ3v) is 2.22. The molecule has 0 N–H and O–H groups in total. The first-order valence-electron chi connectivity index (χ1n) is 3.80. The standard InChI is InChI=1S/C9H13NS/c1-4-8-6-9(11-10-8)5-7(2)3/h4,6-7H,1,5H2,2-3H3. The van der Waals surface area contributed by atoms with Gasteiger partial charge in [-0.2, -0.15) is 4.37 Å². The molecular weight excluding hydrogens is 154 g/mol.